The second kappa shape index (κ2) is 12.8. The number of anilines is 1. The summed E-state index contributed by atoms with van der Waals surface area (Å²) in [5, 5.41) is 12.8. The van der Waals surface area contributed by atoms with Crippen molar-refractivity contribution >= 4 is 46.5 Å². The van der Waals surface area contributed by atoms with E-state index >= 15 is 0 Å². The summed E-state index contributed by atoms with van der Waals surface area (Å²) in [6.07, 6.45) is 1.45. The molecule has 0 aromatic heterocycles. The molecule has 0 saturated carbocycles. The van der Waals surface area contributed by atoms with Gasteiger partial charge in [0, 0.05) is 35.2 Å². The highest BCUT2D eigenvalue weighted by Gasteiger charge is 2.27. The maximum Gasteiger partial charge on any atom is 0.337 e. The minimum atomic E-state index is -1.00. The van der Waals surface area contributed by atoms with Gasteiger partial charge in [-0.2, -0.15) is 0 Å². The van der Waals surface area contributed by atoms with Gasteiger partial charge >= 0.3 is 5.97 Å². The van der Waals surface area contributed by atoms with E-state index in [4.69, 9.17) is 17.0 Å². The number of nitrogens with zero attached hydrogens (tertiary/aromatic N) is 1. The quantitative estimate of drug-likeness (QED) is 0.207. The van der Waals surface area contributed by atoms with Crippen molar-refractivity contribution in [3.05, 3.63) is 120 Å². The molecule has 1 saturated heterocycles. The minimum absolute atomic E-state index is 0.0973. The normalized spacial score (nSPS) is 14.5. The summed E-state index contributed by atoms with van der Waals surface area (Å²) in [6.45, 7) is 1.52. The Morgan fingerprint density at radius 1 is 0.900 bits per heavy atom. The Hall–Kier alpha value is -4.14. The molecule has 8 heteroatoms. The largest absolute Gasteiger partial charge is 0.478 e. The van der Waals surface area contributed by atoms with E-state index in [0.717, 1.165) is 41.3 Å². The number of benzene rings is 4. The lowest BCUT2D eigenvalue weighted by atomic mass is 10.1. The molecule has 1 amide bonds. The molecule has 0 aliphatic carbocycles. The molecule has 202 valence electrons. The molecule has 0 bridgehead atoms. The highest BCUT2D eigenvalue weighted by Crippen LogP contribution is 2.32. The molecule has 6 nitrogen and oxygen atoms in total. The smallest absolute Gasteiger partial charge is 0.337 e. The van der Waals surface area contributed by atoms with Crippen LogP contribution in [0.3, 0.4) is 0 Å². The maximum atomic E-state index is 12.7. The van der Waals surface area contributed by atoms with Crippen LogP contribution in [0.15, 0.2) is 108 Å². The lowest BCUT2D eigenvalue weighted by Crippen LogP contribution is -2.28. The summed E-state index contributed by atoms with van der Waals surface area (Å²) in [7, 11) is 0. The standard InChI is InChI=1S/C32H28N2O4S2/c35-31(23-6-2-1-3-7-23)34-19-18-27(21-34)40-26-16-14-25(15-17-26)38-24-12-10-22(11-13-24)20-30(39)33-29-9-5-4-8-28(29)32(36)37/h1-17,27H,18-21H2,(H,33,39)(H,36,37). The number of carbonyl (C=O) groups is 2. The monoisotopic (exact) mass is 568 g/mol. The van der Waals surface area contributed by atoms with Gasteiger partial charge in [0.05, 0.1) is 16.2 Å². The van der Waals surface area contributed by atoms with Crippen molar-refractivity contribution in [2.24, 2.45) is 0 Å². The van der Waals surface area contributed by atoms with Crippen molar-refractivity contribution in [2.45, 2.75) is 23.0 Å². The van der Waals surface area contributed by atoms with Gasteiger partial charge in [-0.25, -0.2) is 4.79 Å². The van der Waals surface area contributed by atoms with E-state index in [-0.39, 0.29) is 11.5 Å². The minimum Gasteiger partial charge on any atom is -0.478 e. The number of likely N-dealkylation sites (tertiary alicyclic amines) is 1. The van der Waals surface area contributed by atoms with Crippen molar-refractivity contribution in [3.63, 3.8) is 0 Å². The van der Waals surface area contributed by atoms with Crippen LogP contribution in [0.1, 0.15) is 32.7 Å². The number of carboxylic acid groups (broad SMARTS) is 1. The number of amides is 1. The number of ether oxygens (including phenoxy) is 1. The molecular weight excluding hydrogens is 540 g/mol. The Morgan fingerprint density at radius 3 is 2.25 bits per heavy atom. The Balaban J connectivity index is 1.10. The number of aromatic carboxylic acids is 1. The van der Waals surface area contributed by atoms with Gasteiger partial charge < -0.3 is 20.1 Å². The van der Waals surface area contributed by atoms with Crippen LogP contribution in [0.4, 0.5) is 5.69 Å². The molecule has 4 aromatic rings. The van der Waals surface area contributed by atoms with Gasteiger partial charge in [0.1, 0.15) is 11.5 Å². The molecule has 1 aliphatic heterocycles. The number of carbonyl (C=O) groups excluding carboxylic acids is 1. The van der Waals surface area contributed by atoms with Crippen LogP contribution in [0.25, 0.3) is 0 Å². The molecule has 2 N–H and O–H groups in total. The number of rotatable bonds is 9. The second-order valence-electron chi connectivity index (χ2n) is 9.44. The van der Waals surface area contributed by atoms with Crippen LogP contribution in [0, 0.1) is 0 Å². The molecule has 1 aliphatic rings. The zero-order valence-electron chi connectivity index (χ0n) is 21.7. The predicted octanol–water partition coefficient (Wildman–Crippen LogP) is 7.17. The first-order valence-electron chi connectivity index (χ1n) is 12.9. The van der Waals surface area contributed by atoms with E-state index in [9.17, 15) is 14.7 Å². The van der Waals surface area contributed by atoms with Gasteiger partial charge in [-0.3, -0.25) is 4.79 Å². The van der Waals surface area contributed by atoms with Crippen molar-refractivity contribution in [1.82, 2.24) is 4.90 Å². The van der Waals surface area contributed by atoms with E-state index < -0.39 is 5.97 Å². The van der Waals surface area contributed by atoms with Gasteiger partial charge in [0.2, 0.25) is 0 Å². The van der Waals surface area contributed by atoms with Gasteiger partial charge in [-0.05, 0) is 72.6 Å². The summed E-state index contributed by atoms with van der Waals surface area (Å²) in [6, 6.07) is 31.8. The Kier molecular flexibility index (Phi) is 8.78. The van der Waals surface area contributed by atoms with Gasteiger partial charge in [0.25, 0.3) is 5.91 Å². The Labute approximate surface area is 243 Å². The van der Waals surface area contributed by atoms with Crippen LogP contribution in [0.5, 0.6) is 11.5 Å². The van der Waals surface area contributed by atoms with Crippen LogP contribution < -0.4 is 10.1 Å². The second-order valence-corrected chi connectivity index (χ2v) is 11.3. The molecule has 4 aromatic carbocycles. The number of nitrogens with one attached hydrogen (secondary N) is 1. The highest BCUT2D eigenvalue weighted by molar-refractivity contribution is 8.00. The summed E-state index contributed by atoms with van der Waals surface area (Å²) >= 11 is 7.24. The third kappa shape index (κ3) is 7.08. The van der Waals surface area contributed by atoms with Crippen molar-refractivity contribution in [1.29, 1.82) is 0 Å². The maximum absolute atomic E-state index is 12.7. The van der Waals surface area contributed by atoms with Crippen LogP contribution >= 0.6 is 24.0 Å². The van der Waals surface area contributed by atoms with Gasteiger partial charge in [0.15, 0.2) is 0 Å². The zero-order chi connectivity index (χ0) is 27.9. The first-order valence-corrected chi connectivity index (χ1v) is 14.2. The third-order valence-electron chi connectivity index (χ3n) is 6.53. The van der Waals surface area contributed by atoms with Crippen LogP contribution in [0.2, 0.25) is 0 Å². The summed E-state index contributed by atoms with van der Waals surface area (Å²) in [5.74, 6) is 0.552. The number of para-hydroxylation sites is 1. The van der Waals surface area contributed by atoms with Gasteiger partial charge in [-0.15, -0.1) is 11.8 Å². The Morgan fingerprint density at radius 2 is 1.55 bits per heavy atom. The van der Waals surface area contributed by atoms with E-state index in [1.807, 2.05) is 71.6 Å². The fraction of sp³-hybridized carbons (Fsp3) is 0.156. The summed E-state index contributed by atoms with van der Waals surface area (Å²) in [5.41, 5.74) is 2.39. The topological polar surface area (TPSA) is 78.9 Å². The fourth-order valence-corrected chi connectivity index (χ4v) is 5.95. The van der Waals surface area contributed by atoms with Crippen molar-refractivity contribution in [2.75, 3.05) is 18.4 Å². The number of carboxylic acids is 1. The average Bonchev–Trinajstić information content (AvgIpc) is 3.44. The van der Waals surface area contributed by atoms with E-state index in [1.165, 1.54) is 0 Å². The number of thioether (sulfide) groups is 1. The first kappa shape index (κ1) is 27.4. The molecule has 40 heavy (non-hydrogen) atoms. The van der Waals surface area contributed by atoms with Crippen molar-refractivity contribution < 1.29 is 19.4 Å². The molecule has 1 heterocycles. The Bertz CT molecular complexity index is 1490. The molecule has 1 unspecified atom stereocenters. The lowest BCUT2D eigenvalue weighted by molar-refractivity contribution is 0.0697. The summed E-state index contributed by atoms with van der Waals surface area (Å²) in [4.78, 5) is 27.7. The number of hydrogen-bond acceptors (Lipinski definition) is 5. The molecular formula is C32H28N2O4S2. The van der Waals surface area contributed by atoms with E-state index in [0.29, 0.717) is 28.1 Å². The SMILES string of the molecule is O=C(O)c1ccccc1NC(=S)Cc1ccc(Oc2ccc(SC3CCN(C(=O)c4ccccc4)C3)cc2)cc1. The summed E-state index contributed by atoms with van der Waals surface area (Å²) < 4.78 is 6.02. The van der Waals surface area contributed by atoms with Crippen molar-refractivity contribution in [3.8, 4) is 11.5 Å². The fourth-order valence-electron chi connectivity index (χ4n) is 4.52. The van der Waals surface area contributed by atoms with E-state index in [2.05, 4.69) is 17.4 Å². The first-order chi connectivity index (χ1) is 19.4. The molecule has 0 spiro atoms. The van der Waals surface area contributed by atoms with Crippen LogP contribution in [-0.2, 0) is 6.42 Å². The van der Waals surface area contributed by atoms with E-state index in [1.54, 1.807) is 36.0 Å². The molecule has 1 fully saturated rings. The third-order valence-corrected chi connectivity index (χ3v) is 8.04. The molecule has 0 radical (unpaired) electrons. The van der Waals surface area contributed by atoms with Crippen LogP contribution in [-0.4, -0.2) is 45.2 Å². The number of thiocarbonyl (C=S) groups is 1. The average molecular weight is 569 g/mol. The highest BCUT2D eigenvalue weighted by atomic mass is 32.2. The molecule has 1 atom stereocenters. The predicted molar refractivity (Wildman–Crippen MR) is 163 cm³/mol. The zero-order valence-corrected chi connectivity index (χ0v) is 23.3. The number of hydrogen-bond donors (Lipinski definition) is 2. The molecule has 5 rings (SSSR count). The van der Waals surface area contributed by atoms with Gasteiger partial charge in [-0.1, -0.05) is 54.7 Å². The lowest BCUT2D eigenvalue weighted by Gasteiger charge is -2.16.